The monoisotopic (exact) mass is 182 g/mol. The van der Waals surface area contributed by atoms with E-state index in [0.717, 1.165) is 0 Å². The quantitative estimate of drug-likeness (QED) is 0.355. The van der Waals surface area contributed by atoms with Crippen LogP contribution in [0.25, 0.3) is 0 Å². The zero-order valence-electron chi connectivity index (χ0n) is 3.53. The van der Waals surface area contributed by atoms with Gasteiger partial charge < -0.3 is 30.2 Å². The summed E-state index contributed by atoms with van der Waals surface area (Å²) in [6, 6.07) is 0. The van der Waals surface area contributed by atoms with Crippen LogP contribution in [-0.2, 0) is 29.7 Å². The summed E-state index contributed by atoms with van der Waals surface area (Å²) in [6.07, 6.45) is 0. The van der Waals surface area contributed by atoms with Gasteiger partial charge in [0.1, 0.15) is 0 Å². The predicted octanol–water partition coefficient (Wildman–Crippen LogP) is 0.239. The van der Waals surface area contributed by atoms with Gasteiger partial charge in [-0.3, -0.25) is 0 Å². The average Bonchev–Trinajstić information content (AvgIpc) is 1.35. The van der Waals surface area contributed by atoms with Gasteiger partial charge in [0.25, 0.3) is 0 Å². The van der Waals surface area contributed by atoms with Crippen LogP contribution in [0.2, 0.25) is 0 Å². The van der Waals surface area contributed by atoms with Crippen LogP contribution >= 0.6 is 12.2 Å². The Balaban J connectivity index is 0. The Bertz CT molecular complexity index is 56.9. The summed E-state index contributed by atoms with van der Waals surface area (Å²) < 4.78 is 0.394. The number of hydrogen-bond donors (Lipinski definition) is 1. The van der Waals surface area contributed by atoms with E-state index in [9.17, 15) is 0 Å². The van der Waals surface area contributed by atoms with Crippen molar-refractivity contribution in [3.05, 3.63) is 6.92 Å². The summed E-state index contributed by atoms with van der Waals surface area (Å²) in [4.78, 5) is 0. The molecule has 1 N–H and O–H groups in total. The Labute approximate surface area is 65.1 Å². The summed E-state index contributed by atoms with van der Waals surface area (Å²) >= 11 is 8.92. The minimum Gasteiger partial charge on any atom is -0.412 e. The fourth-order valence-electron chi connectivity index (χ4n) is 0.102. The Morgan fingerprint density at radius 2 is 2.29 bits per heavy atom. The van der Waals surface area contributed by atoms with E-state index >= 15 is 0 Å². The summed E-state index contributed by atoms with van der Waals surface area (Å²) in [5.41, 5.74) is 0. The minimum atomic E-state index is 0. The molecule has 0 fully saturated rings. The van der Waals surface area contributed by atoms with Crippen molar-refractivity contribution in [1.82, 2.24) is 5.32 Å². The van der Waals surface area contributed by atoms with Gasteiger partial charge in [0.2, 0.25) is 0 Å². The van der Waals surface area contributed by atoms with E-state index < -0.39 is 0 Å². The minimum absolute atomic E-state index is 0. The van der Waals surface area contributed by atoms with Crippen LogP contribution in [0.4, 0.5) is 0 Å². The molecule has 0 aromatic carbocycles. The van der Waals surface area contributed by atoms with Gasteiger partial charge in [0, 0.05) is 6.54 Å². The summed E-state index contributed by atoms with van der Waals surface area (Å²) in [5.74, 6) is 0. The molecule has 0 aromatic heterocycles. The van der Waals surface area contributed by atoms with Crippen LogP contribution in [0.5, 0.6) is 0 Å². The molecule has 0 atom stereocenters. The van der Waals surface area contributed by atoms with Crippen molar-refractivity contribution in [3.63, 3.8) is 0 Å². The van der Waals surface area contributed by atoms with Gasteiger partial charge in [-0.25, -0.2) is 0 Å². The zero-order valence-corrected chi connectivity index (χ0v) is 6.11. The number of rotatable bonds is 1. The maximum Gasteiger partial charge on any atom is 1.00 e. The van der Waals surface area contributed by atoms with Crippen molar-refractivity contribution in [3.8, 4) is 0 Å². The van der Waals surface area contributed by atoms with Gasteiger partial charge in [-0.15, -0.1) is 0 Å². The zero-order chi connectivity index (χ0) is 4.99. The summed E-state index contributed by atoms with van der Waals surface area (Å²) in [7, 11) is 0. The van der Waals surface area contributed by atoms with E-state index in [1.807, 2.05) is 0 Å². The topological polar surface area (TPSA) is 12.0 Å². The van der Waals surface area contributed by atoms with Gasteiger partial charge in [-0.05, 0) is 6.92 Å². The van der Waals surface area contributed by atoms with Crippen molar-refractivity contribution < 1.29 is 17.1 Å². The third-order valence-electron chi connectivity index (χ3n) is 0.269. The molecule has 0 bridgehead atoms. The molecule has 0 aliphatic heterocycles. The standard InChI is InChI=1S/C3H6NS2.Cu/c1-2-4-3(5)6;/h1-2H2,(H2,4,5,6);/q;+1/p-1. The molecule has 0 spiro atoms. The van der Waals surface area contributed by atoms with Crippen LogP contribution in [-0.4, -0.2) is 10.9 Å². The van der Waals surface area contributed by atoms with Gasteiger partial charge in [-0.2, -0.15) is 0 Å². The van der Waals surface area contributed by atoms with Crippen molar-refractivity contribution in [2.45, 2.75) is 0 Å². The predicted molar refractivity (Wildman–Crippen MR) is 33.3 cm³/mol. The Hall–Kier alpha value is 0.629. The van der Waals surface area contributed by atoms with E-state index in [2.05, 4.69) is 37.1 Å². The smallest absolute Gasteiger partial charge is 0.412 e. The van der Waals surface area contributed by atoms with Crippen LogP contribution in [0, 0.1) is 6.92 Å². The molecule has 1 radical (unpaired) electrons. The average molecular weight is 183 g/mol. The van der Waals surface area contributed by atoms with Gasteiger partial charge in [0.05, 0.1) is 0 Å². The molecule has 4 heteroatoms. The Kier molecular flexibility index (Phi) is 10.0. The Morgan fingerprint density at radius 1 is 1.86 bits per heavy atom. The number of hydrogen-bond acceptors (Lipinski definition) is 2. The second kappa shape index (κ2) is 6.63. The third-order valence-corrected chi connectivity index (χ3v) is 0.558. The maximum absolute atomic E-state index is 4.46. The first-order valence-corrected chi connectivity index (χ1v) is 2.33. The van der Waals surface area contributed by atoms with E-state index in [0.29, 0.717) is 10.9 Å². The fourth-order valence-corrected chi connectivity index (χ4v) is 0.306. The van der Waals surface area contributed by atoms with Gasteiger partial charge in [-0.1, -0.05) is 4.32 Å². The SMILES string of the molecule is [CH2]CNC(=S)[S-].[Cu+]. The number of nitrogens with one attached hydrogen (secondary N) is 1. The molecule has 45 valence electrons. The van der Waals surface area contributed by atoms with E-state index in [4.69, 9.17) is 0 Å². The molecule has 0 saturated carbocycles. The molecular formula is C3H5CuNS2. The van der Waals surface area contributed by atoms with E-state index in [1.54, 1.807) is 0 Å². The van der Waals surface area contributed by atoms with Crippen LogP contribution in [0.15, 0.2) is 0 Å². The molecule has 1 nitrogen and oxygen atoms in total. The largest absolute Gasteiger partial charge is 1.00 e. The van der Waals surface area contributed by atoms with E-state index in [1.165, 1.54) is 0 Å². The van der Waals surface area contributed by atoms with Crippen molar-refractivity contribution in [2.75, 3.05) is 6.54 Å². The molecule has 0 rings (SSSR count). The molecule has 0 amide bonds. The molecule has 0 unspecified atom stereocenters. The first kappa shape index (κ1) is 10.6. The van der Waals surface area contributed by atoms with Gasteiger partial charge in [0.15, 0.2) is 0 Å². The second-order valence-electron chi connectivity index (χ2n) is 0.714. The molecule has 0 aliphatic rings. The third kappa shape index (κ3) is 10.8. The summed E-state index contributed by atoms with van der Waals surface area (Å²) in [6.45, 7) is 4.05. The summed E-state index contributed by atoms with van der Waals surface area (Å²) in [5, 5.41) is 2.64. The molecular weight excluding hydrogens is 178 g/mol. The van der Waals surface area contributed by atoms with Crippen LogP contribution in [0.3, 0.4) is 0 Å². The van der Waals surface area contributed by atoms with Crippen molar-refractivity contribution in [2.24, 2.45) is 0 Å². The molecule has 7 heavy (non-hydrogen) atoms. The molecule has 0 heterocycles. The molecule has 0 aliphatic carbocycles. The van der Waals surface area contributed by atoms with Gasteiger partial charge >= 0.3 is 17.1 Å². The van der Waals surface area contributed by atoms with Crippen LogP contribution < -0.4 is 5.32 Å². The first-order valence-electron chi connectivity index (χ1n) is 1.51. The molecule has 0 saturated heterocycles. The normalized spacial score (nSPS) is 6.43. The maximum atomic E-state index is 4.46. The van der Waals surface area contributed by atoms with Crippen LogP contribution in [0.1, 0.15) is 0 Å². The second-order valence-corrected chi connectivity index (χ2v) is 1.79. The fraction of sp³-hybridized carbons (Fsp3) is 0.333. The first-order chi connectivity index (χ1) is 2.77. The number of thiocarbonyl (C=S) groups is 1. The molecule has 0 aromatic rings. The Morgan fingerprint density at radius 3 is 2.29 bits per heavy atom. The van der Waals surface area contributed by atoms with Crippen molar-refractivity contribution >= 4 is 29.2 Å². The van der Waals surface area contributed by atoms with Crippen molar-refractivity contribution in [1.29, 1.82) is 0 Å². The van der Waals surface area contributed by atoms with E-state index in [-0.39, 0.29) is 17.1 Å².